The fraction of sp³-hybridized carbons (Fsp3) is 0.176. The fourth-order valence-corrected chi connectivity index (χ4v) is 10.7. The van der Waals surface area contributed by atoms with Gasteiger partial charge < -0.3 is 0 Å². The molecule has 39 heavy (non-hydrogen) atoms. The van der Waals surface area contributed by atoms with Crippen LogP contribution in [0.25, 0.3) is 40.3 Å². The number of thiophene rings is 3. The minimum Gasteiger partial charge on any atom is -0.147 e. The van der Waals surface area contributed by atoms with Crippen LogP contribution in [0.2, 0.25) is 12.6 Å². The Labute approximate surface area is 243 Å². The molecule has 4 aromatic carbocycles. The van der Waals surface area contributed by atoms with Crippen LogP contribution in [0.1, 0.15) is 26.7 Å². The van der Waals surface area contributed by atoms with Crippen LogP contribution in [0, 0.1) is 0 Å². The molecule has 0 aliphatic rings. The number of hydrogen-bond donors (Lipinski definition) is 0. The molecular weight excluding hydrogens is 526 g/mol. The minimum absolute atomic E-state index is 0.448. The van der Waals surface area contributed by atoms with E-state index >= 15 is 0 Å². The highest BCUT2D eigenvalue weighted by atomic mass is 32.1. The number of benzene rings is 4. The topological polar surface area (TPSA) is 0 Å². The smallest absolute Gasteiger partial charge is 0.147 e. The van der Waals surface area contributed by atoms with Crippen molar-refractivity contribution in [1.29, 1.82) is 0 Å². The lowest BCUT2D eigenvalue weighted by molar-refractivity contribution is 1.07. The molecule has 5 heteroatoms. The summed E-state index contributed by atoms with van der Waals surface area (Å²) in [6.07, 6.45) is 4.73. The molecule has 0 amide bonds. The van der Waals surface area contributed by atoms with Gasteiger partial charge in [-0.3, -0.25) is 0 Å². The summed E-state index contributed by atoms with van der Waals surface area (Å²) in [6.45, 7) is 5.53. The van der Waals surface area contributed by atoms with Gasteiger partial charge in [0.15, 0.2) is 0 Å². The summed E-state index contributed by atoms with van der Waals surface area (Å²) < 4.78 is 8.95. The Morgan fingerprint density at radius 2 is 0.949 bits per heavy atom. The summed E-state index contributed by atoms with van der Waals surface area (Å²) in [5, 5.41) is 5.48. The molecule has 0 aliphatic heterocycles. The molecule has 0 saturated heterocycles. The molecule has 7 rings (SSSR count). The molecule has 0 bridgehead atoms. The SMILES string of the molecule is CCCB(c1cc2sc3cc(B(CCC)c4cccc5ccccc45)sc3c2s1)c1cccc2ccccc12. The van der Waals surface area contributed by atoms with E-state index in [1.54, 1.807) is 0 Å². The van der Waals surface area contributed by atoms with E-state index in [2.05, 4.69) is 111 Å². The fourth-order valence-electron chi connectivity index (χ4n) is 6.30. The van der Waals surface area contributed by atoms with E-state index in [-0.39, 0.29) is 0 Å². The molecule has 0 radical (unpaired) electrons. The highest BCUT2D eigenvalue weighted by Crippen LogP contribution is 2.40. The maximum absolute atomic E-state index is 2.51. The molecule has 3 aromatic heterocycles. The monoisotopic (exact) mass is 556 g/mol. The molecule has 0 aliphatic carbocycles. The van der Waals surface area contributed by atoms with E-state index in [9.17, 15) is 0 Å². The summed E-state index contributed by atoms with van der Waals surface area (Å²) in [5.74, 6) is 0. The van der Waals surface area contributed by atoms with Crippen molar-refractivity contribution in [2.75, 3.05) is 0 Å². The molecule has 0 nitrogen and oxygen atoms in total. The van der Waals surface area contributed by atoms with E-state index in [0.717, 1.165) is 0 Å². The van der Waals surface area contributed by atoms with Crippen LogP contribution in [0.4, 0.5) is 0 Å². The maximum atomic E-state index is 2.51. The Balaban J connectivity index is 1.32. The molecule has 0 N–H and O–H groups in total. The summed E-state index contributed by atoms with van der Waals surface area (Å²) in [4.78, 5) is 0. The van der Waals surface area contributed by atoms with Crippen molar-refractivity contribution in [2.24, 2.45) is 0 Å². The van der Waals surface area contributed by atoms with Gasteiger partial charge >= 0.3 is 0 Å². The lowest BCUT2D eigenvalue weighted by atomic mass is 9.41. The zero-order valence-electron chi connectivity index (χ0n) is 22.4. The first-order valence-corrected chi connectivity index (χ1v) is 16.6. The molecule has 3 heterocycles. The van der Waals surface area contributed by atoms with Crippen molar-refractivity contribution in [2.45, 2.75) is 39.3 Å². The van der Waals surface area contributed by atoms with Crippen LogP contribution >= 0.6 is 34.0 Å². The van der Waals surface area contributed by atoms with Crippen LogP contribution in [0.5, 0.6) is 0 Å². The number of hydrogen-bond acceptors (Lipinski definition) is 3. The molecule has 0 atom stereocenters. The van der Waals surface area contributed by atoms with E-state index < -0.39 is 0 Å². The van der Waals surface area contributed by atoms with Crippen molar-refractivity contribution in [3.05, 3.63) is 97.1 Å². The van der Waals surface area contributed by atoms with Crippen LogP contribution in [0.3, 0.4) is 0 Å². The maximum Gasteiger partial charge on any atom is 0.223 e. The first-order valence-electron chi connectivity index (χ1n) is 14.2. The van der Waals surface area contributed by atoms with Crippen LogP contribution in [-0.2, 0) is 0 Å². The second-order valence-electron chi connectivity index (χ2n) is 10.6. The van der Waals surface area contributed by atoms with Crippen LogP contribution in [0.15, 0.2) is 97.1 Å². The highest BCUT2D eigenvalue weighted by Gasteiger charge is 2.27. The average molecular weight is 556 g/mol. The van der Waals surface area contributed by atoms with E-state index in [1.807, 2.05) is 34.0 Å². The van der Waals surface area contributed by atoms with E-state index in [1.165, 1.54) is 86.3 Å². The van der Waals surface area contributed by atoms with Gasteiger partial charge in [0.05, 0.1) is 9.40 Å². The van der Waals surface area contributed by atoms with E-state index in [0.29, 0.717) is 13.4 Å². The molecule has 0 saturated carbocycles. The van der Waals surface area contributed by atoms with Gasteiger partial charge in [0.25, 0.3) is 0 Å². The van der Waals surface area contributed by atoms with Crippen molar-refractivity contribution in [1.82, 2.24) is 0 Å². The third-order valence-corrected chi connectivity index (χ3v) is 12.1. The van der Waals surface area contributed by atoms with Crippen LogP contribution < -0.4 is 20.5 Å². The van der Waals surface area contributed by atoms with Gasteiger partial charge in [-0.05, 0) is 43.2 Å². The number of fused-ring (bicyclic) bond motifs is 5. The molecule has 7 aromatic rings. The standard InChI is InChI=1S/C34H30B2S3/c1-3-19-35(27-17-9-13-23-11-5-7-15-25(23)27)31-21-29-33(38-31)34-30(37-29)22-32(39-34)36(20-4-2)28-18-10-14-24-12-6-8-16-26(24)28/h5-18,21-22H,3-4,19-20H2,1-2H3. The second-order valence-corrected chi connectivity index (χ2v) is 13.9. The quantitative estimate of drug-likeness (QED) is 0.165. The van der Waals surface area contributed by atoms with Gasteiger partial charge in [-0.25, -0.2) is 0 Å². The van der Waals surface area contributed by atoms with Gasteiger partial charge in [-0.1, -0.05) is 135 Å². The normalized spacial score (nSPS) is 11.7. The van der Waals surface area contributed by atoms with Crippen LogP contribution in [-0.4, -0.2) is 13.4 Å². The van der Waals surface area contributed by atoms with Gasteiger partial charge in [0.2, 0.25) is 13.4 Å². The molecule has 0 fully saturated rings. The van der Waals surface area contributed by atoms with Gasteiger partial charge in [-0.15, -0.1) is 34.0 Å². The Morgan fingerprint density at radius 3 is 1.41 bits per heavy atom. The predicted octanol–water partition coefficient (Wildman–Crippen LogP) is 8.52. The van der Waals surface area contributed by atoms with Crippen molar-refractivity contribution >= 4 is 108 Å². The summed E-state index contributed by atoms with van der Waals surface area (Å²) in [6, 6.07) is 36.4. The van der Waals surface area contributed by atoms with Crippen molar-refractivity contribution in [3.63, 3.8) is 0 Å². The van der Waals surface area contributed by atoms with E-state index in [4.69, 9.17) is 0 Å². The predicted molar refractivity (Wildman–Crippen MR) is 183 cm³/mol. The van der Waals surface area contributed by atoms with Crippen molar-refractivity contribution in [3.8, 4) is 0 Å². The van der Waals surface area contributed by atoms with Gasteiger partial charge in [0.1, 0.15) is 0 Å². The Hall–Kier alpha value is -2.85. The second kappa shape index (κ2) is 10.6. The zero-order chi connectivity index (χ0) is 26.3. The average Bonchev–Trinajstić information content (AvgIpc) is 3.65. The molecule has 0 unspecified atom stereocenters. The van der Waals surface area contributed by atoms with Gasteiger partial charge in [-0.2, -0.15) is 0 Å². The Bertz CT molecular complexity index is 1780. The molecular formula is C34H30B2S3. The summed E-state index contributed by atoms with van der Waals surface area (Å²) in [5.41, 5.74) is 2.96. The molecule has 190 valence electrons. The Kier molecular flexibility index (Phi) is 6.84. The first kappa shape index (κ1) is 25.1. The Morgan fingerprint density at radius 1 is 0.513 bits per heavy atom. The largest absolute Gasteiger partial charge is 0.223 e. The highest BCUT2D eigenvalue weighted by molar-refractivity contribution is 7.44. The summed E-state index contributed by atoms with van der Waals surface area (Å²) in [7, 11) is 0. The van der Waals surface area contributed by atoms with Gasteiger partial charge in [0, 0.05) is 9.40 Å². The molecule has 0 spiro atoms. The zero-order valence-corrected chi connectivity index (χ0v) is 24.9. The minimum atomic E-state index is 0.448. The number of rotatable bonds is 8. The third-order valence-electron chi connectivity index (χ3n) is 8.10. The lowest BCUT2D eigenvalue weighted by Gasteiger charge is -2.14. The summed E-state index contributed by atoms with van der Waals surface area (Å²) >= 11 is 6.08. The third kappa shape index (κ3) is 4.45. The first-order chi connectivity index (χ1) is 19.2. The lowest BCUT2D eigenvalue weighted by Crippen LogP contribution is -2.40. The van der Waals surface area contributed by atoms with Crippen molar-refractivity contribution < 1.29 is 0 Å².